The van der Waals surface area contributed by atoms with Crippen LogP contribution < -0.4 is 21.5 Å². The van der Waals surface area contributed by atoms with Gasteiger partial charge in [-0.05, 0) is 36.0 Å². The molecule has 6 heterocycles. The Bertz CT molecular complexity index is 2180. The number of amides is 2. The molecule has 8 N–H and O–H groups in total. The Labute approximate surface area is 416 Å². The average Bonchev–Trinajstić information content (AvgIpc) is 4.15. The van der Waals surface area contributed by atoms with Gasteiger partial charge in [0.1, 0.15) is 35.6 Å². The van der Waals surface area contributed by atoms with Crippen molar-refractivity contribution in [1.82, 2.24) is 41.1 Å². The first-order chi connectivity index (χ1) is 32.1. The molecule has 0 fully saturated rings. The van der Waals surface area contributed by atoms with Gasteiger partial charge in [-0.25, -0.2) is 5.48 Å². The van der Waals surface area contributed by atoms with Crippen molar-refractivity contribution in [3.63, 3.8) is 0 Å². The number of aromatic hydroxyl groups is 4. The molecule has 21 heteroatoms. The van der Waals surface area contributed by atoms with Crippen LogP contribution in [0.5, 0.6) is 23.0 Å². The maximum atomic E-state index is 11.1. The molecule has 0 atom stereocenters. The van der Waals surface area contributed by atoms with Gasteiger partial charge in [0.25, 0.3) is 0 Å². The van der Waals surface area contributed by atoms with E-state index in [9.17, 15) is 14.4 Å². The SMILES string of the molecule is C=C1N=C(C(C)C)NO1.CC(C)c1cc(O)co1.CC(C)c1cc(O)cs1.CC(C)c1cocc(O)c1=O.CC(C)c1nn[nH]n1.CC(C)c1nscc1O.CNC(=O)C(C)C.CNC(=O)C(C)C. The Kier molecular flexibility index (Phi) is 32.9. The second-order valence-electron chi connectivity index (χ2n) is 17.4. The smallest absolute Gasteiger partial charge is 0.240 e. The van der Waals surface area contributed by atoms with Crippen molar-refractivity contribution in [1.29, 1.82) is 0 Å². The number of thiophene rings is 1. The molecule has 0 saturated heterocycles. The number of tetrazole rings is 1. The van der Waals surface area contributed by atoms with E-state index in [1.807, 2.05) is 103 Å². The van der Waals surface area contributed by atoms with Crippen LogP contribution in [0.4, 0.5) is 0 Å². The molecule has 69 heavy (non-hydrogen) atoms. The Morgan fingerprint density at radius 1 is 0.696 bits per heavy atom. The summed E-state index contributed by atoms with van der Waals surface area (Å²) in [5, 5.41) is 57.5. The predicted molar refractivity (Wildman–Crippen MR) is 275 cm³/mol. The molecule has 2 amide bonds. The van der Waals surface area contributed by atoms with Crippen molar-refractivity contribution >= 4 is 40.5 Å². The van der Waals surface area contributed by atoms with Crippen molar-refractivity contribution < 1.29 is 43.7 Å². The maximum absolute atomic E-state index is 11.1. The topological polar surface area (TPSA) is 283 Å². The van der Waals surface area contributed by atoms with Gasteiger partial charge < -0.3 is 44.7 Å². The van der Waals surface area contributed by atoms with Crippen LogP contribution in [0.25, 0.3) is 0 Å². The number of hydrogen-bond donors (Lipinski definition) is 8. The number of furan rings is 1. The fourth-order valence-electron chi connectivity index (χ4n) is 4.29. The quantitative estimate of drug-likeness (QED) is 0.0717. The molecule has 1 aliphatic rings. The van der Waals surface area contributed by atoms with E-state index >= 15 is 0 Å². The zero-order valence-electron chi connectivity index (χ0n) is 43.7. The molecule has 1 aliphatic heterocycles. The Morgan fingerprint density at radius 2 is 1.28 bits per heavy atom. The lowest BCUT2D eigenvalue weighted by molar-refractivity contribution is -0.124. The van der Waals surface area contributed by atoms with Crippen LogP contribution in [0.1, 0.15) is 168 Å². The molecule has 19 nitrogen and oxygen atoms in total. The Balaban J connectivity index is 0. The molecule has 388 valence electrons. The van der Waals surface area contributed by atoms with Gasteiger partial charge in [-0.3, -0.25) is 14.4 Å². The van der Waals surface area contributed by atoms with Crippen LogP contribution in [-0.2, 0) is 14.4 Å². The Hall–Kier alpha value is -6.22. The number of H-pyrrole nitrogens is 1. The maximum Gasteiger partial charge on any atom is 0.240 e. The monoisotopic (exact) mass is 1010 g/mol. The number of aromatic nitrogens is 5. The van der Waals surface area contributed by atoms with Gasteiger partial charge in [0, 0.05) is 71.5 Å². The lowest BCUT2D eigenvalue weighted by atomic mass is 10.1. The molecule has 5 aromatic heterocycles. The molecule has 0 unspecified atom stereocenters. The number of nitrogens with one attached hydrogen (secondary N) is 4. The summed E-state index contributed by atoms with van der Waals surface area (Å²) < 4.78 is 13.7. The van der Waals surface area contributed by atoms with Crippen molar-refractivity contribution in [3.05, 3.63) is 92.1 Å². The van der Waals surface area contributed by atoms with Gasteiger partial charge in [0.15, 0.2) is 17.3 Å². The average molecular weight is 1010 g/mol. The largest absolute Gasteiger partial charge is 0.507 e. The van der Waals surface area contributed by atoms with E-state index in [1.165, 1.54) is 28.9 Å². The van der Waals surface area contributed by atoms with Crippen LogP contribution >= 0.6 is 22.9 Å². The highest BCUT2D eigenvalue weighted by molar-refractivity contribution is 7.10. The van der Waals surface area contributed by atoms with Gasteiger partial charge in [-0.1, -0.05) is 116 Å². The lowest BCUT2D eigenvalue weighted by Gasteiger charge is -2.01. The second kappa shape index (κ2) is 35.0. The number of aromatic amines is 1. The van der Waals surface area contributed by atoms with Crippen LogP contribution in [0, 0.1) is 17.8 Å². The third kappa shape index (κ3) is 28.7. The number of carbonyl (C=O) groups is 2. The Morgan fingerprint density at radius 3 is 1.49 bits per heavy atom. The summed E-state index contributed by atoms with van der Waals surface area (Å²) >= 11 is 2.90. The number of aliphatic imine (C=N–C) groups is 1. The molecule has 0 saturated carbocycles. The molecule has 0 radical (unpaired) electrons. The van der Waals surface area contributed by atoms with E-state index in [4.69, 9.17) is 34.1 Å². The highest BCUT2D eigenvalue weighted by Crippen LogP contribution is 2.27. The number of nitrogens with zero attached hydrogens (tertiary/aromatic N) is 5. The third-order valence-corrected chi connectivity index (χ3v) is 10.3. The molecular formula is C48H79N9O10S2. The van der Waals surface area contributed by atoms with Gasteiger partial charge in [0.2, 0.25) is 23.1 Å². The minimum absolute atomic E-state index is 0.0818. The van der Waals surface area contributed by atoms with Crippen molar-refractivity contribution in [2.24, 2.45) is 22.7 Å². The van der Waals surface area contributed by atoms with Crippen LogP contribution in [-0.4, -0.2) is 77.2 Å². The first-order valence-corrected chi connectivity index (χ1v) is 24.2. The number of carbonyl (C=O) groups excluding carboxylic acids is 2. The molecule has 0 bridgehead atoms. The van der Waals surface area contributed by atoms with E-state index in [2.05, 4.69) is 66.5 Å². The predicted octanol–water partition coefficient (Wildman–Crippen LogP) is 10.3. The highest BCUT2D eigenvalue weighted by atomic mass is 32.1. The second-order valence-corrected chi connectivity index (χ2v) is 18.9. The van der Waals surface area contributed by atoms with E-state index in [1.54, 1.807) is 42.3 Å². The van der Waals surface area contributed by atoms with Gasteiger partial charge in [-0.2, -0.15) is 14.6 Å². The molecule has 5 aromatic rings. The standard InChI is InChI=1S/C8H10O3.C7H10O2.C7H10OS.C6H10N2O.C6H9NOS.2C5H11NO.C4H8N4/c1-5(2)6-3-11-4-7(9)8(6)10;2*1-5(2)7-3-6(8)4-9-7;1-4(2)6-7-5(3)9-8-6;1-4(2)6-5(8)3-9-7-6;2*1-4(2)5(7)6-3;1-3(2)4-5-7-8-6-4/h3-5,9H,1-2H3;2*3-5,8H,1-2H3;4H,3H2,1-2H3,(H,7,8);3-4,8H,1-2H3;2*4H,1-3H3,(H,6,7);3H,1-2H3,(H,5,6,7,8). The van der Waals surface area contributed by atoms with E-state index in [-0.39, 0.29) is 46.5 Å². The molecule has 0 aliphatic carbocycles. The van der Waals surface area contributed by atoms with Crippen molar-refractivity contribution in [2.75, 3.05) is 14.1 Å². The summed E-state index contributed by atoms with van der Waals surface area (Å²) in [4.78, 5) is 41.9. The number of hydrogen-bond acceptors (Lipinski definition) is 18. The van der Waals surface area contributed by atoms with Crippen LogP contribution in [0.3, 0.4) is 0 Å². The third-order valence-electron chi connectivity index (χ3n) is 8.45. The summed E-state index contributed by atoms with van der Waals surface area (Å²) in [5.41, 5.74) is 3.63. The normalized spacial score (nSPS) is 11.1. The zero-order chi connectivity index (χ0) is 53.6. The molecule has 0 spiro atoms. The van der Waals surface area contributed by atoms with Gasteiger partial charge >= 0.3 is 0 Å². The summed E-state index contributed by atoms with van der Waals surface area (Å²) in [5.74, 6) is 5.97. The fraction of sp³-hybridized carbons (Fsp3) is 0.542. The van der Waals surface area contributed by atoms with E-state index < -0.39 is 0 Å². The lowest BCUT2D eigenvalue weighted by Crippen LogP contribution is -2.22. The van der Waals surface area contributed by atoms with Crippen LogP contribution in [0.15, 0.2) is 72.8 Å². The first kappa shape index (κ1) is 64.9. The molecule has 6 rings (SSSR count). The summed E-state index contributed by atoms with van der Waals surface area (Å²) in [6.07, 6.45) is 3.75. The zero-order valence-corrected chi connectivity index (χ0v) is 45.3. The van der Waals surface area contributed by atoms with E-state index in [0.717, 1.165) is 29.4 Å². The summed E-state index contributed by atoms with van der Waals surface area (Å²) in [7, 11) is 3.28. The first-order valence-electron chi connectivity index (χ1n) is 22.4. The van der Waals surface area contributed by atoms with Gasteiger partial charge in [0.05, 0.1) is 17.3 Å². The molecular weight excluding hydrogens is 927 g/mol. The van der Waals surface area contributed by atoms with Crippen LogP contribution in [0.2, 0.25) is 0 Å². The highest BCUT2D eigenvalue weighted by Gasteiger charge is 2.12. The number of hydroxylamine groups is 1. The van der Waals surface area contributed by atoms with Crippen molar-refractivity contribution in [3.8, 4) is 23.0 Å². The molecule has 0 aromatic carbocycles. The minimum Gasteiger partial charge on any atom is -0.507 e. The van der Waals surface area contributed by atoms with Crippen molar-refractivity contribution in [2.45, 2.75) is 140 Å². The number of amidine groups is 1. The van der Waals surface area contributed by atoms with Gasteiger partial charge in [-0.15, -0.1) is 21.5 Å². The summed E-state index contributed by atoms with van der Waals surface area (Å²) in [6.45, 7) is 35.1. The van der Waals surface area contributed by atoms with E-state index in [0.29, 0.717) is 52.5 Å². The number of rotatable bonds is 8. The minimum atomic E-state index is -0.341. The summed E-state index contributed by atoms with van der Waals surface area (Å²) in [6, 6.07) is 3.44. The fourth-order valence-corrected chi connectivity index (χ4v) is 5.76.